The number of benzene rings is 13. The summed E-state index contributed by atoms with van der Waals surface area (Å²) in [6.45, 7) is 9.65. The van der Waals surface area contributed by atoms with Gasteiger partial charge in [-0.2, -0.15) is 0 Å². The molecular formula is C84H60N4. The maximum atomic E-state index is 2.49. The van der Waals surface area contributed by atoms with Crippen LogP contribution in [0.1, 0.15) is 49.9 Å². The van der Waals surface area contributed by atoms with Crippen molar-refractivity contribution in [2.24, 2.45) is 0 Å². The number of para-hydroxylation sites is 6. The van der Waals surface area contributed by atoms with Gasteiger partial charge in [-0.15, -0.1) is 0 Å². The third-order valence-electron chi connectivity index (χ3n) is 19.8. The minimum Gasteiger partial charge on any atom is -0.310 e. The Morgan fingerprint density at radius 2 is 0.545 bits per heavy atom. The Bertz CT molecular complexity index is 5450. The zero-order valence-corrected chi connectivity index (χ0v) is 49.5. The molecule has 0 saturated heterocycles. The van der Waals surface area contributed by atoms with E-state index < -0.39 is 0 Å². The average Bonchev–Trinajstić information content (AvgIpc) is 1.71. The summed E-state index contributed by atoms with van der Waals surface area (Å²) >= 11 is 0. The topological polar surface area (TPSA) is 18.0 Å². The highest BCUT2D eigenvalue weighted by Gasteiger charge is 2.39. The van der Waals surface area contributed by atoms with Gasteiger partial charge < -0.3 is 18.6 Å². The van der Waals surface area contributed by atoms with Crippen molar-refractivity contribution in [2.75, 3.05) is 4.90 Å². The van der Waals surface area contributed by atoms with Crippen LogP contribution in [0, 0.1) is 0 Å². The average molecular weight is 1130 g/mol. The predicted molar refractivity (Wildman–Crippen MR) is 370 cm³/mol. The zero-order chi connectivity index (χ0) is 58.6. The van der Waals surface area contributed by atoms with Gasteiger partial charge in [-0.05, 0) is 188 Å². The lowest BCUT2D eigenvalue weighted by Crippen LogP contribution is -2.18. The van der Waals surface area contributed by atoms with E-state index >= 15 is 0 Å². The maximum absolute atomic E-state index is 2.49. The van der Waals surface area contributed by atoms with Gasteiger partial charge in [-0.3, -0.25) is 0 Å². The lowest BCUT2D eigenvalue weighted by atomic mass is 9.81. The molecule has 3 aromatic heterocycles. The van der Waals surface area contributed by atoms with Gasteiger partial charge >= 0.3 is 0 Å². The van der Waals surface area contributed by atoms with Crippen molar-refractivity contribution in [1.29, 1.82) is 0 Å². The Morgan fingerprint density at radius 3 is 1.05 bits per heavy atom. The highest BCUT2D eigenvalue weighted by atomic mass is 15.1. The minimum absolute atomic E-state index is 0.277. The first-order chi connectivity index (χ1) is 43.2. The number of nitrogens with zero attached hydrogens (tertiary/aromatic N) is 4. The molecule has 13 aromatic carbocycles. The molecule has 0 radical (unpaired) electrons. The first-order valence-electron chi connectivity index (χ1n) is 30.8. The number of rotatable bonds is 8. The van der Waals surface area contributed by atoms with Crippen LogP contribution in [0.4, 0.5) is 17.1 Å². The molecular weight excluding hydrogens is 1060 g/mol. The Hall–Kier alpha value is -10.9. The second kappa shape index (κ2) is 18.8. The van der Waals surface area contributed by atoms with E-state index in [0.717, 1.165) is 22.7 Å². The van der Waals surface area contributed by atoms with Crippen molar-refractivity contribution in [3.63, 3.8) is 0 Å². The van der Waals surface area contributed by atoms with Crippen molar-refractivity contribution in [1.82, 2.24) is 13.7 Å². The van der Waals surface area contributed by atoms with Crippen molar-refractivity contribution in [3.8, 4) is 61.6 Å². The van der Waals surface area contributed by atoms with Crippen molar-refractivity contribution in [2.45, 2.75) is 38.5 Å². The third-order valence-corrected chi connectivity index (χ3v) is 19.8. The van der Waals surface area contributed by atoms with E-state index in [1.807, 2.05) is 0 Å². The fraction of sp³-hybridized carbons (Fsp3) is 0.0714. The van der Waals surface area contributed by atoms with Crippen LogP contribution in [0.2, 0.25) is 0 Å². The first kappa shape index (κ1) is 50.4. The molecule has 0 atom stereocenters. The van der Waals surface area contributed by atoms with Gasteiger partial charge in [-0.25, -0.2) is 0 Å². The molecule has 2 aliphatic carbocycles. The molecule has 0 amide bonds. The SMILES string of the molecule is CC1(C)c2cc(-c3ccc4c(c3)c3ccccc3n4-c3ccccc3)ccc2-c2ccc(N(c3ccc(-c4ccc(-n5c6ccccc6c6ccccc65)cc4)cc3)c3ccc4c(c3)C(C)(C)c3cc(-n5c6ccccc6c6ccccc65)ccc3-4)cc21. The number of anilines is 3. The van der Waals surface area contributed by atoms with E-state index in [0.29, 0.717) is 0 Å². The zero-order valence-electron chi connectivity index (χ0n) is 49.5. The van der Waals surface area contributed by atoms with Gasteiger partial charge in [0.05, 0.1) is 33.1 Å². The summed E-state index contributed by atoms with van der Waals surface area (Å²) in [5.74, 6) is 0. The first-order valence-corrected chi connectivity index (χ1v) is 30.8. The molecule has 0 spiro atoms. The molecule has 0 aliphatic heterocycles. The van der Waals surface area contributed by atoms with Crippen molar-refractivity contribution < 1.29 is 0 Å². The second-order valence-electron chi connectivity index (χ2n) is 25.3. The van der Waals surface area contributed by atoms with Gasteiger partial charge in [0.1, 0.15) is 0 Å². The summed E-state index contributed by atoms with van der Waals surface area (Å²) < 4.78 is 7.23. The second-order valence-corrected chi connectivity index (χ2v) is 25.3. The monoisotopic (exact) mass is 1120 g/mol. The lowest BCUT2D eigenvalue weighted by Gasteiger charge is -2.30. The van der Waals surface area contributed by atoms with Crippen molar-refractivity contribution in [3.05, 3.63) is 313 Å². The van der Waals surface area contributed by atoms with Crippen LogP contribution >= 0.6 is 0 Å². The molecule has 0 fully saturated rings. The molecule has 2 aliphatic rings. The van der Waals surface area contributed by atoms with Gasteiger partial charge in [0.15, 0.2) is 0 Å². The van der Waals surface area contributed by atoms with E-state index in [1.54, 1.807) is 0 Å². The van der Waals surface area contributed by atoms with E-state index in [1.165, 1.54) is 144 Å². The Morgan fingerprint density at radius 1 is 0.227 bits per heavy atom. The quantitative estimate of drug-likeness (QED) is 0.148. The van der Waals surface area contributed by atoms with Gasteiger partial charge in [-0.1, -0.05) is 198 Å². The molecule has 416 valence electrons. The number of hydrogen-bond donors (Lipinski definition) is 0. The largest absolute Gasteiger partial charge is 0.310 e. The fourth-order valence-corrected chi connectivity index (χ4v) is 15.5. The summed E-state index contributed by atoms with van der Waals surface area (Å²) in [5.41, 5.74) is 28.9. The van der Waals surface area contributed by atoms with E-state index in [9.17, 15) is 0 Å². The lowest BCUT2D eigenvalue weighted by molar-refractivity contribution is 0.659. The van der Waals surface area contributed by atoms with Gasteiger partial charge in [0.25, 0.3) is 0 Å². The normalized spacial score (nSPS) is 13.6. The Labute approximate surface area is 511 Å². The highest BCUT2D eigenvalue weighted by Crippen LogP contribution is 2.55. The molecule has 0 unspecified atom stereocenters. The number of fused-ring (bicyclic) bond motifs is 15. The maximum Gasteiger partial charge on any atom is 0.0541 e. The van der Waals surface area contributed by atoms with E-state index in [-0.39, 0.29) is 10.8 Å². The van der Waals surface area contributed by atoms with Gasteiger partial charge in [0, 0.05) is 77.3 Å². The van der Waals surface area contributed by atoms with Crippen molar-refractivity contribution >= 4 is 82.5 Å². The number of aromatic nitrogens is 3. The fourth-order valence-electron chi connectivity index (χ4n) is 15.5. The summed E-state index contributed by atoms with van der Waals surface area (Å²) in [7, 11) is 0. The molecule has 4 nitrogen and oxygen atoms in total. The molecule has 88 heavy (non-hydrogen) atoms. The van der Waals surface area contributed by atoms with Crippen LogP contribution in [0.15, 0.2) is 291 Å². The molecule has 0 bridgehead atoms. The highest BCUT2D eigenvalue weighted by molar-refractivity contribution is 6.12. The summed E-state index contributed by atoms with van der Waals surface area (Å²) in [6.07, 6.45) is 0. The molecule has 4 heteroatoms. The van der Waals surface area contributed by atoms with Crippen LogP contribution in [-0.4, -0.2) is 13.7 Å². The van der Waals surface area contributed by atoms with Crippen LogP contribution in [-0.2, 0) is 10.8 Å². The van der Waals surface area contributed by atoms with E-state index in [4.69, 9.17) is 0 Å². The molecule has 16 aromatic rings. The minimum atomic E-state index is -0.279. The molecule has 0 saturated carbocycles. The predicted octanol–water partition coefficient (Wildman–Crippen LogP) is 22.4. The Balaban J connectivity index is 0.731. The molecule has 0 N–H and O–H groups in total. The summed E-state index contributed by atoms with van der Waals surface area (Å²) in [6, 6.07) is 109. The summed E-state index contributed by atoms with van der Waals surface area (Å²) in [5, 5.41) is 7.60. The number of hydrogen-bond acceptors (Lipinski definition) is 1. The molecule has 3 heterocycles. The molecule has 18 rings (SSSR count). The van der Waals surface area contributed by atoms with Gasteiger partial charge in [0.2, 0.25) is 0 Å². The Kier molecular flexibility index (Phi) is 10.8. The van der Waals surface area contributed by atoms with Crippen LogP contribution in [0.25, 0.3) is 127 Å². The van der Waals surface area contributed by atoms with E-state index in [2.05, 4.69) is 337 Å². The smallest absolute Gasteiger partial charge is 0.0541 e. The van der Waals surface area contributed by atoms with Crippen LogP contribution in [0.3, 0.4) is 0 Å². The summed E-state index contributed by atoms with van der Waals surface area (Å²) in [4.78, 5) is 2.49. The third kappa shape index (κ3) is 7.33. The van der Waals surface area contributed by atoms with Crippen LogP contribution < -0.4 is 4.90 Å². The van der Waals surface area contributed by atoms with Crippen LogP contribution in [0.5, 0.6) is 0 Å². The standard InChI is InChI=1S/C84H60N4/c1-83(2)73-49-56(55-35-47-82-72(48-55)71-24-12-17-29-81(71)86(82)57-18-6-5-7-19-57)34-43-63(73)64-44-40-60(50-74(64)83)85(58-36-30-53(31-37-58)54-32-38-59(39-33-54)87-77-25-13-8-20-67(77)68-21-9-14-26-78(68)87)61-41-45-65-66-46-42-62(52-76(66)84(3,4)75(65)51-61)88-79-27-15-10-22-69(79)70-23-11-16-28-80(70)88/h5-52H,1-4H3.